The normalized spacial score (nSPS) is 27.1. The average molecular weight is 502 g/mol. The van der Waals surface area contributed by atoms with Crippen molar-refractivity contribution in [2.24, 2.45) is 17.8 Å². The van der Waals surface area contributed by atoms with E-state index in [1.54, 1.807) is 4.90 Å². The van der Waals surface area contributed by atoms with Crippen LogP contribution >= 0.6 is 0 Å². The van der Waals surface area contributed by atoms with E-state index >= 15 is 0 Å². The molecule has 2 saturated carbocycles. The van der Waals surface area contributed by atoms with Crippen LogP contribution in [0.25, 0.3) is 0 Å². The van der Waals surface area contributed by atoms with Crippen molar-refractivity contribution in [3.8, 4) is 0 Å². The minimum Gasteiger partial charge on any atom is -0.480 e. The maximum Gasteiger partial charge on any atom is 0.416 e. The van der Waals surface area contributed by atoms with E-state index in [0.717, 1.165) is 68.8 Å². The van der Waals surface area contributed by atoms with Gasteiger partial charge < -0.3 is 15.3 Å². The van der Waals surface area contributed by atoms with E-state index in [9.17, 15) is 27.9 Å². The van der Waals surface area contributed by atoms with E-state index in [1.165, 1.54) is 0 Å². The topological polar surface area (TPSA) is 82.5 Å². The fourth-order valence-electron chi connectivity index (χ4n) is 6.14. The van der Waals surface area contributed by atoms with Crippen molar-refractivity contribution in [1.82, 2.24) is 9.88 Å². The lowest BCUT2D eigenvalue weighted by atomic mass is 9.87. The number of pyridine rings is 1. The number of halogens is 3. The molecule has 9 heteroatoms. The van der Waals surface area contributed by atoms with E-state index in [4.69, 9.17) is 0 Å². The minimum absolute atomic E-state index is 0.0255. The molecule has 6 nitrogen and oxygen atoms in total. The Kier molecular flexibility index (Phi) is 6.66. The fourth-order valence-corrected chi connectivity index (χ4v) is 6.14. The Morgan fingerprint density at radius 3 is 2.31 bits per heavy atom. The third-order valence-electron chi connectivity index (χ3n) is 7.89. The van der Waals surface area contributed by atoms with Gasteiger partial charge in [0, 0.05) is 18.0 Å². The van der Waals surface area contributed by atoms with Crippen LogP contribution in [0.4, 0.5) is 19.0 Å². The summed E-state index contributed by atoms with van der Waals surface area (Å²) in [6.45, 7) is 0. The minimum atomic E-state index is -4.53. The zero-order chi connectivity index (χ0) is 25.4. The molecule has 1 aromatic carbocycles. The monoisotopic (exact) mass is 501 g/mol. The van der Waals surface area contributed by atoms with Gasteiger partial charge in [-0.1, -0.05) is 49.6 Å². The predicted octanol–water partition coefficient (Wildman–Crippen LogP) is 5.52. The fraction of sp³-hybridized carbons (Fsp3) is 0.519. The molecule has 3 aliphatic rings. The summed E-state index contributed by atoms with van der Waals surface area (Å²) in [5, 5.41) is 13.6. The number of likely N-dealkylation sites (tertiary alicyclic amines) is 1. The summed E-state index contributed by atoms with van der Waals surface area (Å²) in [5.41, 5.74) is -0.0670. The van der Waals surface area contributed by atoms with Crippen LogP contribution in [-0.4, -0.2) is 39.0 Å². The SMILES string of the molecule is O=C(O)[C@H]1[C@H](C2CC2)[C@@H](Nc2cc(C(F)(F)F)ccn2)[C@@H](c2ccccc2)N1C(=O)C1CCCCC1. The van der Waals surface area contributed by atoms with Crippen LogP contribution in [0.15, 0.2) is 48.7 Å². The number of rotatable bonds is 6. The first-order valence-electron chi connectivity index (χ1n) is 12.7. The van der Waals surface area contributed by atoms with Gasteiger partial charge in [0.05, 0.1) is 17.6 Å². The first-order chi connectivity index (χ1) is 17.3. The van der Waals surface area contributed by atoms with Gasteiger partial charge in [0.25, 0.3) is 0 Å². The molecule has 2 aromatic rings. The summed E-state index contributed by atoms with van der Waals surface area (Å²) in [4.78, 5) is 32.3. The standard InChI is InChI=1S/C27H30F3N3O3/c28-27(29,30)19-13-14-31-20(15-19)32-22-21(16-11-12-16)24(26(35)36)33(23(22)17-7-3-1-4-8-17)25(34)18-9-5-2-6-10-18/h1,3-4,7-8,13-16,18,21-24H,2,5-6,9-12H2,(H,31,32)(H,35,36)/t21-,22-,23-,24-/m1/s1. The molecule has 192 valence electrons. The van der Waals surface area contributed by atoms with E-state index in [0.29, 0.717) is 0 Å². The lowest BCUT2D eigenvalue weighted by molar-refractivity contribution is -0.153. The Morgan fingerprint density at radius 2 is 1.69 bits per heavy atom. The summed E-state index contributed by atoms with van der Waals surface area (Å²) in [6.07, 6.45) is 2.60. The highest BCUT2D eigenvalue weighted by molar-refractivity contribution is 5.87. The zero-order valence-corrected chi connectivity index (χ0v) is 19.8. The third-order valence-corrected chi connectivity index (χ3v) is 7.89. The van der Waals surface area contributed by atoms with Gasteiger partial charge in [-0.2, -0.15) is 13.2 Å². The number of hydrogen-bond donors (Lipinski definition) is 2. The lowest BCUT2D eigenvalue weighted by Gasteiger charge is -2.34. The number of nitrogens with zero attached hydrogens (tertiary/aromatic N) is 2. The van der Waals surface area contributed by atoms with Gasteiger partial charge in [-0.3, -0.25) is 4.79 Å². The van der Waals surface area contributed by atoms with Gasteiger partial charge in [-0.15, -0.1) is 0 Å². The summed E-state index contributed by atoms with van der Waals surface area (Å²) >= 11 is 0. The second kappa shape index (κ2) is 9.75. The second-order valence-corrected chi connectivity index (χ2v) is 10.2. The Hall–Kier alpha value is -3.10. The van der Waals surface area contributed by atoms with Gasteiger partial charge >= 0.3 is 12.1 Å². The number of carbonyl (C=O) groups excluding carboxylic acids is 1. The number of carboxylic acid groups (broad SMARTS) is 1. The summed E-state index contributed by atoms with van der Waals surface area (Å²) in [5.74, 6) is -1.82. The molecule has 1 saturated heterocycles. The summed E-state index contributed by atoms with van der Waals surface area (Å²) < 4.78 is 40.2. The summed E-state index contributed by atoms with van der Waals surface area (Å²) in [6, 6.07) is 8.79. The van der Waals surface area contributed by atoms with Crippen LogP contribution in [0.1, 0.15) is 62.1 Å². The number of aliphatic carboxylic acids is 1. The maximum atomic E-state index is 13.9. The third kappa shape index (κ3) is 4.80. The molecule has 1 aliphatic heterocycles. The van der Waals surface area contributed by atoms with Crippen LogP contribution < -0.4 is 5.32 Å². The van der Waals surface area contributed by atoms with Crippen LogP contribution in [0.5, 0.6) is 0 Å². The quantitative estimate of drug-likeness (QED) is 0.544. The molecule has 1 aromatic heterocycles. The van der Waals surface area contributed by atoms with Crippen molar-refractivity contribution >= 4 is 17.7 Å². The predicted molar refractivity (Wildman–Crippen MR) is 127 cm³/mol. The highest BCUT2D eigenvalue weighted by Crippen LogP contribution is 2.52. The van der Waals surface area contributed by atoms with Crippen LogP contribution in [-0.2, 0) is 15.8 Å². The molecule has 5 rings (SSSR count). The summed E-state index contributed by atoms with van der Waals surface area (Å²) in [7, 11) is 0. The van der Waals surface area contributed by atoms with Crippen molar-refractivity contribution in [1.29, 1.82) is 0 Å². The van der Waals surface area contributed by atoms with Crippen LogP contribution in [0.3, 0.4) is 0 Å². The molecule has 2 aliphatic carbocycles. The number of aromatic nitrogens is 1. The van der Waals surface area contributed by atoms with E-state index in [2.05, 4.69) is 10.3 Å². The van der Waals surface area contributed by atoms with Crippen molar-refractivity contribution in [3.63, 3.8) is 0 Å². The van der Waals surface area contributed by atoms with Gasteiger partial charge in [0.1, 0.15) is 11.9 Å². The number of anilines is 1. The number of carbonyl (C=O) groups is 2. The highest BCUT2D eigenvalue weighted by atomic mass is 19.4. The number of benzene rings is 1. The molecule has 1 amide bonds. The number of nitrogens with one attached hydrogen (secondary N) is 1. The molecule has 0 bridgehead atoms. The number of alkyl halides is 3. The van der Waals surface area contributed by atoms with Gasteiger partial charge in [-0.05, 0) is 49.3 Å². The molecule has 2 N–H and O–H groups in total. The van der Waals surface area contributed by atoms with E-state index < -0.39 is 41.8 Å². The van der Waals surface area contributed by atoms with Crippen molar-refractivity contribution in [3.05, 3.63) is 59.8 Å². The molecule has 3 fully saturated rings. The molecule has 36 heavy (non-hydrogen) atoms. The van der Waals surface area contributed by atoms with Gasteiger partial charge in [-0.25, -0.2) is 9.78 Å². The number of carboxylic acids is 1. The Labute approximate surface area is 207 Å². The number of hydrogen-bond acceptors (Lipinski definition) is 4. The molecule has 4 atom stereocenters. The lowest BCUT2D eigenvalue weighted by Crippen LogP contribution is -2.47. The Balaban J connectivity index is 1.59. The van der Waals surface area contributed by atoms with E-state index in [1.807, 2.05) is 30.3 Å². The zero-order valence-electron chi connectivity index (χ0n) is 19.8. The average Bonchev–Trinajstić information content (AvgIpc) is 3.65. The van der Waals surface area contributed by atoms with Crippen LogP contribution in [0, 0.1) is 17.8 Å². The first-order valence-corrected chi connectivity index (χ1v) is 12.7. The highest BCUT2D eigenvalue weighted by Gasteiger charge is 2.59. The van der Waals surface area contributed by atoms with Crippen molar-refractivity contribution < 1.29 is 27.9 Å². The maximum absolute atomic E-state index is 13.9. The molecule has 0 spiro atoms. The number of amides is 1. The smallest absolute Gasteiger partial charge is 0.416 e. The Morgan fingerprint density at radius 1 is 1.00 bits per heavy atom. The van der Waals surface area contributed by atoms with Gasteiger partial charge in [0.2, 0.25) is 5.91 Å². The largest absolute Gasteiger partial charge is 0.480 e. The molecular formula is C27H30F3N3O3. The molecule has 0 radical (unpaired) electrons. The van der Waals surface area contributed by atoms with E-state index in [-0.39, 0.29) is 23.6 Å². The molecular weight excluding hydrogens is 471 g/mol. The van der Waals surface area contributed by atoms with Gasteiger partial charge in [0.15, 0.2) is 0 Å². The molecule has 2 heterocycles. The first kappa shape index (κ1) is 24.6. The molecule has 0 unspecified atom stereocenters. The second-order valence-electron chi connectivity index (χ2n) is 10.2. The Bertz CT molecular complexity index is 1100. The van der Waals surface area contributed by atoms with Crippen LogP contribution in [0.2, 0.25) is 0 Å². The van der Waals surface area contributed by atoms with Crippen molar-refractivity contribution in [2.75, 3.05) is 5.32 Å². The van der Waals surface area contributed by atoms with Crippen molar-refractivity contribution in [2.45, 2.75) is 69.2 Å².